The molecule has 2 aromatic carbocycles. The number of fused-ring (bicyclic) bond motifs is 1. The normalized spacial score (nSPS) is 12.2. The Bertz CT molecular complexity index is 753. The first kappa shape index (κ1) is 15.6. The van der Waals surface area contributed by atoms with Crippen LogP contribution in [-0.4, -0.2) is 17.5 Å². The molecule has 3 aromatic rings. The largest absolute Gasteiger partial charge is 0.364 e. The third-order valence-electron chi connectivity index (χ3n) is 3.47. The van der Waals surface area contributed by atoms with Crippen LogP contribution in [0.3, 0.4) is 0 Å². The minimum Gasteiger partial charge on any atom is -0.364 e. The number of benzene rings is 2. The van der Waals surface area contributed by atoms with Crippen LogP contribution >= 0.6 is 11.3 Å². The number of thiazole rings is 1. The summed E-state index contributed by atoms with van der Waals surface area (Å²) >= 11 is 1.59. The van der Waals surface area contributed by atoms with Crippen molar-refractivity contribution in [3.63, 3.8) is 0 Å². The molecule has 23 heavy (non-hydrogen) atoms. The van der Waals surface area contributed by atoms with Gasteiger partial charge in [0.1, 0.15) is 11.6 Å². The van der Waals surface area contributed by atoms with Gasteiger partial charge in [0.05, 0.1) is 22.9 Å². The Labute approximate surface area is 139 Å². The predicted octanol–water partition coefficient (Wildman–Crippen LogP) is 3.69. The Morgan fingerprint density at radius 2 is 1.91 bits per heavy atom. The number of carbonyl (C=O) groups is 1. The van der Waals surface area contributed by atoms with Crippen LogP contribution in [0.5, 0.6) is 0 Å². The molecular formula is C18H18N2O2S. The van der Waals surface area contributed by atoms with E-state index >= 15 is 0 Å². The molecule has 0 radical (unpaired) electrons. The molecule has 118 valence electrons. The van der Waals surface area contributed by atoms with Crippen LogP contribution in [0.15, 0.2) is 54.6 Å². The maximum atomic E-state index is 11.9. The number of nitrogens with one attached hydrogen (secondary N) is 1. The number of ether oxygens (including phenoxy) is 1. The molecule has 0 aliphatic heterocycles. The molecule has 0 unspecified atom stereocenters. The SMILES string of the molecule is C[C@H](NC(=O)COCc1nc2ccccc2s1)c1ccccc1. The summed E-state index contributed by atoms with van der Waals surface area (Å²) in [5, 5.41) is 3.81. The van der Waals surface area contributed by atoms with Crippen molar-refractivity contribution in [2.75, 3.05) is 6.61 Å². The first-order valence-corrected chi connectivity index (χ1v) is 8.30. The highest BCUT2D eigenvalue weighted by atomic mass is 32.1. The summed E-state index contributed by atoms with van der Waals surface area (Å²) in [4.78, 5) is 16.4. The minimum absolute atomic E-state index is 0.0326. The lowest BCUT2D eigenvalue weighted by Crippen LogP contribution is -2.30. The Kier molecular flexibility index (Phi) is 5.00. The van der Waals surface area contributed by atoms with E-state index in [1.165, 1.54) is 0 Å². The molecule has 0 aliphatic rings. The topological polar surface area (TPSA) is 51.2 Å². The third kappa shape index (κ3) is 4.15. The molecule has 1 amide bonds. The molecule has 1 N–H and O–H groups in total. The van der Waals surface area contributed by atoms with Gasteiger partial charge in [-0.3, -0.25) is 4.79 Å². The molecule has 3 rings (SSSR count). The van der Waals surface area contributed by atoms with Crippen molar-refractivity contribution in [3.05, 3.63) is 65.2 Å². The Morgan fingerprint density at radius 1 is 1.17 bits per heavy atom. The number of amides is 1. The first-order chi connectivity index (χ1) is 11.2. The van der Waals surface area contributed by atoms with E-state index < -0.39 is 0 Å². The zero-order valence-corrected chi connectivity index (χ0v) is 13.7. The van der Waals surface area contributed by atoms with Crippen LogP contribution < -0.4 is 5.32 Å². The molecule has 0 saturated heterocycles. The summed E-state index contributed by atoms with van der Waals surface area (Å²) in [7, 11) is 0. The van der Waals surface area contributed by atoms with Crippen LogP contribution in [-0.2, 0) is 16.1 Å². The van der Waals surface area contributed by atoms with E-state index in [0.717, 1.165) is 20.8 Å². The predicted molar refractivity (Wildman–Crippen MR) is 92.3 cm³/mol. The average molecular weight is 326 g/mol. The van der Waals surface area contributed by atoms with E-state index in [2.05, 4.69) is 10.3 Å². The highest BCUT2D eigenvalue weighted by molar-refractivity contribution is 7.18. The van der Waals surface area contributed by atoms with Crippen molar-refractivity contribution in [1.29, 1.82) is 0 Å². The second-order valence-electron chi connectivity index (χ2n) is 5.27. The van der Waals surface area contributed by atoms with Crippen molar-refractivity contribution in [1.82, 2.24) is 10.3 Å². The van der Waals surface area contributed by atoms with Gasteiger partial charge in [-0.25, -0.2) is 4.98 Å². The van der Waals surface area contributed by atoms with Crippen molar-refractivity contribution in [2.45, 2.75) is 19.6 Å². The minimum atomic E-state index is -0.123. The quantitative estimate of drug-likeness (QED) is 0.751. The van der Waals surface area contributed by atoms with Gasteiger partial charge in [-0.15, -0.1) is 11.3 Å². The number of aromatic nitrogens is 1. The van der Waals surface area contributed by atoms with Crippen molar-refractivity contribution >= 4 is 27.5 Å². The summed E-state index contributed by atoms with van der Waals surface area (Å²) < 4.78 is 6.62. The highest BCUT2D eigenvalue weighted by Crippen LogP contribution is 2.21. The summed E-state index contributed by atoms with van der Waals surface area (Å²) in [6.07, 6.45) is 0. The van der Waals surface area contributed by atoms with Crippen LogP contribution in [0.2, 0.25) is 0 Å². The number of hydrogen-bond acceptors (Lipinski definition) is 4. The fourth-order valence-corrected chi connectivity index (χ4v) is 3.23. The van der Waals surface area contributed by atoms with Crippen LogP contribution in [0.1, 0.15) is 23.5 Å². The van der Waals surface area contributed by atoms with Crippen molar-refractivity contribution < 1.29 is 9.53 Å². The van der Waals surface area contributed by atoms with Crippen LogP contribution in [0.25, 0.3) is 10.2 Å². The second kappa shape index (κ2) is 7.35. The third-order valence-corrected chi connectivity index (χ3v) is 4.48. The van der Waals surface area contributed by atoms with Gasteiger partial charge < -0.3 is 10.1 Å². The molecule has 5 heteroatoms. The van der Waals surface area contributed by atoms with Gasteiger partial charge in [0, 0.05) is 0 Å². The van der Waals surface area contributed by atoms with E-state index in [-0.39, 0.29) is 18.6 Å². The lowest BCUT2D eigenvalue weighted by Gasteiger charge is -2.14. The van der Waals surface area contributed by atoms with E-state index in [9.17, 15) is 4.79 Å². The fourth-order valence-electron chi connectivity index (χ4n) is 2.32. The van der Waals surface area contributed by atoms with E-state index in [1.54, 1.807) is 11.3 Å². The van der Waals surface area contributed by atoms with Crippen LogP contribution in [0.4, 0.5) is 0 Å². The van der Waals surface area contributed by atoms with E-state index in [4.69, 9.17) is 4.74 Å². The molecule has 1 atom stereocenters. The molecule has 0 aliphatic carbocycles. The Balaban J connectivity index is 1.47. The summed E-state index contributed by atoms with van der Waals surface area (Å²) in [5.41, 5.74) is 2.05. The van der Waals surface area contributed by atoms with Gasteiger partial charge in [0.15, 0.2) is 0 Å². The van der Waals surface area contributed by atoms with Gasteiger partial charge in [-0.2, -0.15) is 0 Å². The summed E-state index contributed by atoms with van der Waals surface area (Å²) in [6, 6.07) is 17.8. The van der Waals surface area contributed by atoms with Crippen LogP contribution in [0, 0.1) is 0 Å². The average Bonchev–Trinajstić information content (AvgIpc) is 2.98. The van der Waals surface area contributed by atoms with E-state index in [1.807, 2.05) is 61.5 Å². The number of carbonyl (C=O) groups excluding carboxylic acids is 1. The van der Waals surface area contributed by atoms with Gasteiger partial charge >= 0.3 is 0 Å². The number of rotatable bonds is 6. The van der Waals surface area contributed by atoms with Gasteiger partial charge in [0.25, 0.3) is 0 Å². The molecule has 4 nitrogen and oxygen atoms in total. The maximum absolute atomic E-state index is 11.9. The Hall–Kier alpha value is -2.24. The molecular weight excluding hydrogens is 308 g/mol. The lowest BCUT2D eigenvalue weighted by atomic mass is 10.1. The smallest absolute Gasteiger partial charge is 0.246 e. The second-order valence-corrected chi connectivity index (χ2v) is 6.38. The number of nitrogens with zero attached hydrogens (tertiary/aromatic N) is 1. The molecule has 1 heterocycles. The highest BCUT2D eigenvalue weighted by Gasteiger charge is 2.10. The monoisotopic (exact) mass is 326 g/mol. The molecule has 0 bridgehead atoms. The van der Waals surface area contributed by atoms with E-state index in [0.29, 0.717) is 6.61 Å². The number of para-hydroxylation sites is 1. The van der Waals surface area contributed by atoms with Gasteiger partial charge in [-0.05, 0) is 24.6 Å². The lowest BCUT2D eigenvalue weighted by molar-refractivity contribution is -0.126. The fraction of sp³-hybridized carbons (Fsp3) is 0.222. The Morgan fingerprint density at radius 3 is 2.70 bits per heavy atom. The molecule has 1 aromatic heterocycles. The summed E-state index contributed by atoms with van der Waals surface area (Å²) in [6.45, 7) is 2.35. The van der Waals surface area contributed by atoms with Gasteiger partial charge in [0.2, 0.25) is 5.91 Å². The van der Waals surface area contributed by atoms with Gasteiger partial charge in [-0.1, -0.05) is 42.5 Å². The molecule has 0 fully saturated rings. The number of hydrogen-bond donors (Lipinski definition) is 1. The zero-order valence-electron chi connectivity index (χ0n) is 12.9. The maximum Gasteiger partial charge on any atom is 0.246 e. The molecule has 0 saturated carbocycles. The molecule has 0 spiro atoms. The van der Waals surface area contributed by atoms with Crippen molar-refractivity contribution in [2.24, 2.45) is 0 Å². The standard InChI is InChI=1S/C18H18N2O2S/c1-13(14-7-3-2-4-8-14)19-17(21)11-22-12-18-20-15-9-5-6-10-16(15)23-18/h2-10,13H,11-12H2,1H3,(H,19,21)/t13-/m0/s1. The summed E-state index contributed by atoms with van der Waals surface area (Å²) in [5.74, 6) is -0.123. The first-order valence-electron chi connectivity index (χ1n) is 7.49. The zero-order chi connectivity index (χ0) is 16.1. The van der Waals surface area contributed by atoms with Crippen molar-refractivity contribution in [3.8, 4) is 0 Å².